The molecule has 0 atom stereocenters. The minimum absolute atomic E-state index is 0. The number of imide groups is 1. The first-order chi connectivity index (χ1) is 14.3. The lowest BCUT2D eigenvalue weighted by Gasteiger charge is -2.28. The van der Waals surface area contributed by atoms with E-state index in [-0.39, 0.29) is 37.9 Å². The van der Waals surface area contributed by atoms with Gasteiger partial charge in [-0.05, 0) is 42.5 Å². The number of benzene rings is 2. The van der Waals surface area contributed by atoms with Crippen molar-refractivity contribution in [3.05, 3.63) is 58.8 Å². The lowest BCUT2D eigenvalue weighted by Crippen LogP contribution is -2.41. The maximum atomic E-state index is 13.4. The topological polar surface area (TPSA) is 102 Å². The molecule has 0 unspecified atom stereocenters. The zero-order chi connectivity index (χ0) is 22.1. The van der Waals surface area contributed by atoms with E-state index in [2.05, 4.69) is 20.7 Å². The summed E-state index contributed by atoms with van der Waals surface area (Å²) < 4.78 is 23.6. The summed E-state index contributed by atoms with van der Waals surface area (Å²) in [5, 5.41) is 0. The van der Waals surface area contributed by atoms with Crippen molar-refractivity contribution >= 4 is 57.7 Å². The second-order valence-corrected chi connectivity index (χ2v) is 6.94. The molecule has 2 N–H and O–H groups in total. The van der Waals surface area contributed by atoms with E-state index in [1.807, 2.05) is 29.2 Å². The molecular weight excluding hydrogens is 497 g/mol. The van der Waals surface area contributed by atoms with Gasteiger partial charge >= 0.3 is 12.1 Å². The van der Waals surface area contributed by atoms with Gasteiger partial charge in [-0.25, -0.2) is 14.1 Å². The summed E-state index contributed by atoms with van der Waals surface area (Å²) in [4.78, 5) is 37.9. The summed E-state index contributed by atoms with van der Waals surface area (Å²) in [5.74, 6) is -1.67. The minimum Gasteiger partial charge on any atom is -0.427 e. The van der Waals surface area contributed by atoms with Gasteiger partial charge in [0, 0.05) is 35.9 Å². The SMILES string of the molecule is CC(=O)N(CCN(c1ccc(F)cc1)c1cccc(Br)c1)C(=O)OCOC(=O)CN.Cl. The predicted molar refractivity (Wildman–Crippen MR) is 119 cm³/mol. The maximum absolute atomic E-state index is 13.4. The number of carbonyl (C=O) groups excluding carboxylic acids is 3. The van der Waals surface area contributed by atoms with E-state index >= 15 is 0 Å². The summed E-state index contributed by atoms with van der Waals surface area (Å²) in [7, 11) is 0. The molecule has 0 spiro atoms. The number of hydrogen-bond donors (Lipinski definition) is 1. The van der Waals surface area contributed by atoms with Crippen LogP contribution in [0.4, 0.5) is 20.6 Å². The molecule has 0 aliphatic carbocycles. The largest absolute Gasteiger partial charge is 0.427 e. The van der Waals surface area contributed by atoms with Gasteiger partial charge in [0.25, 0.3) is 0 Å². The third-order valence-electron chi connectivity index (χ3n) is 3.97. The Balaban J connectivity index is 0.00000480. The van der Waals surface area contributed by atoms with Crippen LogP contribution in [0.15, 0.2) is 53.0 Å². The van der Waals surface area contributed by atoms with Crippen LogP contribution in [0.1, 0.15) is 6.92 Å². The van der Waals surface area contributed by atoms with Crippen molar-refractivity contribution in [2.45, 2.75) is 6.92 Å². The van der Waals surface area contributed by atoms with E-state index in [1.54, 1.807) is 12.1 Å². The number of esters is 1. The van der Waals surface area contributed by atoms with E-state index in [4.69, 9.17) is 10.5 Å². The Labute approximate surface area is 193 Å². The van der Waals surface area contributed by atoms with Crippen molar-refractivity contribution in [3.8, 4) is 0 Å². The fourth-order valence-corrected chi connectivity index (χ4v) is 2.92. The van der Waals surface area contributed by atoms with E-state index in [9.17, 15) is 18.8 Å². The molecule has 2 aromatic carbocycles. The maximum Gasteiger partial charge on any atom is 0.419 e. The number of halogens is 3. The Morgan fingerprint density at radius 1 is 1.03 bits per heavy atom. The van der Waals surface area contributed by atoms with Crippen molar-refractivity contribution in [1.82, 2.24) is 4.90 Å². The van der Waals surface area contributed by atoms with Crippen LogP contribution in [-0.4, -0.2) is 49.3 Å². The molecule has 0 radical (unpaired) electrons. The summed E-state index contributed by atoms with van der Waals surface area (Å²) in [6.07, 6.45) is -0.958. The number of carbonyl (C=O) groups is 3. The number of nitrogens with two attached hydrogens (primary N) is 1. The van der Waals surface area contributed by atoms with Crippen LogP contribution in [0, 0.1) is 5.82 Å². The highest BCUT2D eigenvalue weighted by Gasteiger charge is 2.22. The van der Waals surface area contributed by atoms with Crippen molar-refractivity contribution in [3.63, 3.8) is 0 Å². The van der Waals surface area contributed by atoms with Crippen LogP contribution in [0.3, 0.4) is 0 Å². The lowest BCUT2D eigenvalue weighted by molar-refractivity contribution is -0.150. The first-order valence-corrected chi connectivity index (χ1v) is 9.70. The number of anilines is 2. The molecule has 0 saturated heterocycles. The summed E-state index contributed by atoms with van der Waals surface area (Å²) in [6, 6.07) is 13.2. The van der Waals surface area contributed by atoms with Gasteiger partial charge in [-0.1, -0.05) is 22.0 Å². The third-order valence-corrected chi connectivity index (χ3v) is 4.47. The smallest absolute Gasteiger partial charge is 0.419 e. The molecule has 0 aromatic heterocycles. The first kappa shape index (κ1) is 26.3. The molecule has 0 saturated carbocycles. The second-order valence-electron chi connectivity index (χ2n) is 6.03. The molecule has 0 bridgehead atoms. The molecule has 0 heterocycles. The van der Waals surface area contributed by atoms with Crippen LogP contribution in [0.5, 0.6) is 0 Å². The normalized spacial score (nSPS) is 9.94. The summed E-state index contributed by atoms with van der Waals surface area (Å²) in [5.41, 5.74) is 6.53. The molecular formula is C20H22BrClFN3O5. The van der Waals surface area contributed by atoms with Crippen molar-refractivity contribution < 1.29 is 28.2 Å². The van der Waals surface area contributed by atoms with Crippen molar-refractivity contribution in [2.24, 2.45) is 5.73 Å². The summed E-state index contributed by atoms with van der Waals surface area (Å²) in [6.45, 7) is 0.399. The highest BCUT2D eigenvalue weighted by atomic mass is 79.9. The number of hydrogen-bond acceptors (Lipinski definition) is 7. The second kappa shape index (κ2) is 12.9. The Hall–Kier alpha value is -2.69. The Bertz CT molecular complexity index is 901. The van der Waals surface area contributed by atoms with Crippen LogP contribution in [-0.2, 0) is 19.1 Å². The lowest BCUT2D eigenvalue weighted by atomic mass is 10.2. The van der Waals surface area contributed by atoms with E-state index in [1.165, 1.54) is 19.1 Å². The highest BCUT2D eigenvalue weighted by molar-refractivity contribution is 9.10. The summed E-state index contributed by atoms with van der Waals surface area (Å²) >= 11 is 3.41. The quantitative estimate of drug-likeness (QED) is 0.421. The van der Waals surface area contributed by atoms with Gasteiger partial charge < -0.3 is 20.1 Å². The van der Waals surface area contributed by atoms with Gasteiger partial charge in [0.15, 0.2) is 0 Å². The van der Waals surface area contributed by atoms with Gasteiger partial charge in [-0.3, -0.25) is 9.59 Å². The van der Waals surface area contributed by atoms with Crippen molar-refractivity contribution in [1.29, 1.82) is 0 Å². The zero-order valence-electron chi connectivity index (χ0n) is 16.6. The van der Waals surface area contributed by atoms with E-state index < -0.39 is 24.8 Å². The van der Waals surface area contributed by atoms with Gasteiger partial charge in [-0.15, -0.1) is 12.4 Å². The standard InChI is InChI=1S/C20H21BrFN3O5.ClH/c1-14(26)24(20(28)30-13-29-19(27)12-23)9-10-25(17-7-5-16(22)6-8-17)18-4-2-3-15(21)11-18;/h2-8,11H,9-10,12-13,23H2,1H3;1H. The average molecular weight is 519 g/mol. The Morgan fingerprint density at radius 3 is 2.29 bits per heavy atom. The van der Waals surface area contributed by atoms with Crippen LogP contribution < -0.4 is 10.6 Å². The number of nitrogens with zero attached hydrogens (tertiary/aromatic N) is 2. The van der Waals surface area contributed by atoms with Gasteiger partial charge in [0.2, 0.25) is 12.7 Å². The molecule has 31 heavy (non-hydrogen) atoms. The van der Waals surface area contributed by atoms with E-state index in [0.29, 0.717) is 5.69 Å². The molecule has 8 nitrogen and oxygen atoms in total. The highest BCUT2D eigenvalue weighted by Crippen LogP contribution is 2.27. The minimum atomic E-state index is -0.958. The number of ether oxygens (including phenoxy) is 2. The first-order valence-electron chi connectivity index (χ1n) is 8.91. The molecule has 2 rings (SSSR count). The van der Waals surface area contributed by atoms with E-state index in [0.717, 1.165) is 15.1 Å². The molecule has 11 heteroatoms. The number of rotatable bonds is 8. The van der Waals surface area contributed by atoms with Gasteiger partial charge in [0.05, 0.1) is 6.54 Å². The van der Waals surface area contributed by atoms with Crippen molar-refractivity contribution in [2.75, 3.05) is 31.3 Å². The van der Waals surface area contributed by atoms with Gasteiger partial charge in [-0.2, -0.15) is 0 Å². The zero-order valence-corrected chi connectivity index (χ0v) is 19.0. The molecule has 0 fully saturated rings. The van der Waals surface area contributed by atoms with Crippen LogP contribution in [0.2, 0.25) is 0 Å². The predicted octanol–water partition coefficient (Wildman–Crippen LogP) is 3.59. The van der Waals surface area contributed by atoms with Gasteiger partial charge in [0.1, 0.15) is 5.82 Å². The Kier molecular flexibility index (Phi) is 10.9. The Morgan fingerprint density at radius 2 is 1.71 bits per heavy atom. The molecule has 2 amide bonds. The van der Waals surface area contributed by atoms with Crippen LogP contribution >= 0.6 is 28.3 Å². The molecule has 2 aromatic rings. The monoisotopic (exact) mass is 517 g/mol. The molecule has 0 aliphatic rings. The third kappa shape index (κ3) is 8.16. The average Bonchev–Trinajstić information content (AvgIpc) is 2.71. The fraction of sp³-hybridized carbons (Fsp3) is 0.250. The number of amides is 2. The molecule has 168 valence electrons. The van der Waals surface area contributed by atoms with Crippen LogP contribution in [0.25, 0.3) is 0 Å². The molecule has 0 aliphatic heterocycles. The fourth-order valence-electron chi connectivity index (χ4n) is 2.53.